The van der Waals surface area contributed by atoms with Crippen LogP contribution in [0.2, 0.25) is 0 Å². The van der Waals surface area contributed by atoms with Gasteiger partial charge in [0.25, 0.3) is 0 Å². The molecule has 2 saturated heterocycles. The van der Waals surface area contributed by atoms with Crippen LogP contribution in [0.5, 0.6) is 0 Å². The van der Waals surface area contributed by atoms with Gasteiger partial charge in [-0.2, -0.15) is 0 Å². The van der Waals surface area contributed by atoms with Crippen molar-refractivity contribution in [3.63, 3.8) is 0 Å². The van der Waals surface area contributed by atoms with Crippen molar-refractivity contribution in [2.24, 2.45) is 5.73 Å². The predicted octanol–water partition coefficient (Wildman–Crippen LogP) is 1.45. The second kappa shape index (κ2) is 6.29. The molecule has 0 atom stereocenters. The highest BCUT2D eigenvalue weighted by Gasteiger charge is 2.37. The van der Waals surface area contributed by atoms with E-state index < -0.39 is 5.60 Å². The molecule has 5 nitrogen and oxygen atoms in total. The second-order valence-electron chi connectivity index (χ2n) is 6.41. The van der Waals surface area contributed by atoms with E-state index in [0.29, 0.717) is 12.1 Å². The minimum Gasteiger partial charge on any atom is -0.444 e. The van der Waals surface area contributed by atoms with Gasteiger partial charge in [-0.15, -0.1) is 12.4 Å². The molecule has 19 heavy (non-hydrogen) atoms. The summed E-state index contributed by atoms with van der Waals surface area (Å²) in [4.78, 5) is 16.0. The smallest absolute Gasteiger partial charge is 0.410 e. The van der Waals surface area contributed by atoms with Gasteiger partial charge in [0.1, 0.15) is 5.60 Å². The molecule has 0 aromatic heterocycles. The summed E-state index contributed by atoms with van der Waals surface area (Å²) < 4.78 is 5.34. The van der Waals surface area contributed by atoms with Crippen LogP contribution in [0, 0.1) is 0 Å². The van der Waals surface area contributed by atoms with Crippen LogP contribution in [-0.2, 0) is 4.74 Å². The number of amides is 1. The maximum absolute atomic E-state index is 11.8. The molecule has 112 valence electrons. The molecule has 2 rings (SSSR count). The Balaban J connectivity index is 0.00000180. The zero-order valence-corrected chi connectivity index (χ0v) is 12.9. The lowest BCUT2D eigenvalue weighted by atomic mass is 10.0. The number of hydrogen-bond acceptors (Lipinski definition) is 4. The van der Waals surface area contributed by atoms with Crippen molar-refractivity contribution in [1.29, 1.82) is 0 Å². The molecule has 0 aliphatic carbocycles. The van der Waals surface area contributed by atoms with Crippen molar-refractivity contribution in [1.82, 2.24) is 9.80 Å². The summed E-state index contributed by atoms with van der Waals surface area (Å²) in [6.45, 7) is 9.41. The predicted molar refractivity (Wildman–Crippen MR) is 77.6 cm³/mol. The highest BCUT2D eigenvalue weighted by Crippen LogP contribution is 2.21. The van der Waals surface area contributed by atoms with Gasteiger partial charge in [-0.05, 0) is 33.6 Å². The molecule has 0 aromatic carbocycles. The van der Waals surface area contributed by atoms with Crippen LogP contribution in [0.3, 0.4) is 0 Å². The van der Waals surface area contributed by atoms with Gasteiger partial charge in [0.05, 0.1) is 0 Å². The van der Waals surface area contributed by atoms with Gasteiger partial charge in [0.15, 0.2) is 0 Å². The molecule has 2 fully saturated rings. The van der Waals surface area contributed by atoms with Crippen LogP contribution in [-0.4, -0.2) is 59.8 Å². The monoisotopic (exact) mass is 291 g/mol. The molecule has 6 heteroatoms. The number of halogens is 1. The summed E-state index contributed by atoms with van der Waals surface area (Å²) in [5, 5.41) is 0. The maximum Gasteiger partial charge on any atom is 0.410 e. The van der Waals surface area contributed by atoms with E-state index in [-0.39, 0.29) is 18.5 Å². The van der Waals surface area contributed by atoms with Crippen molar-refractivity contribution in [3.8, 4) is 0 Å². The van der Waals surface area contributed by atoms with E-state index in [1.165, 1.54) is 0 Å². The summed E-state index contributed by atoms with van der Waals surface area (Å²) in [6, 6.07) is 0.869. The normalized spacial score (nSPS) is 22.6. The van der Waals surface area contributed by atoms with Gasteiger partial charge in [-0.25, -0.2) is 4.79 Å². The summed E-state index contributed by atoms with van der Waals surface area (Å²) in [7, 11) is 0. The Bertz CT molecular complexity index is 306. The topological polar surface area (TPSA) is 58.8 Å². The molecule has 2 aliphatic heterocycles. The first-order valence-electron chi connectivity index (χ1n) is 6.83. The van der Waals surface area contributed by atoms with E-state index in [2.05, 4.69) is 4.90 Å². The first-order chi connectivity index (χ1) is 8.35. The Morgan fingerprint density at radius 1 is 1.21 bits per heavy atom. The lowest BCUT2D eigenvalue weighted by Crippen LogP contribution is -2.63. The summed E-state index contributed by atoms with van der Waals surface area (Å²) in [5.41, 5.74) is 5.49. The first-order valence-corrected chi connectivity index (χ1v) is 6.83. The second-order valence-corrected chi connectivity index (χ2v) is 6.41. The van der Waals surface area contributed by atoms with E-state index in [0.717, 1.165) is 39.0 Å². The Morgan fingerprint density at radius 3 is 2.21 bits per heavy atom. The molecule has 2 heterocycles. The quantitative estimate of drug-likeness (QED) is 0.794. The molecule has 1 amide bonds. The summed E-state index contributed by atoms with van der Waals surface area (Å²) in [6.07, 6.45) is 1.96. The number of nitrogens with zero attached hydrogens (tertiary/aromatic N) is 2. The summed E-state index contributed by atoms with van der Waals surface area (Å²) in [5.74, 6) is 0. The summed E-state index contributed by atoms with van der Waals surface area (Å²) >= 11 is 0. The molecule has 0 unspecified atom stereocenters. The van der Waals surface area contributed by atoms with E-state index in [1.54, 1.807) is 4.90 Å². The zero-order valence-electron chi connectivity index (χ0n) is 12.1. The molecule has 0 bridgehead atoms. The van der Waals surface area contributed by atoms with Crippen LogP contribution in [0.1, 0.15) is 33.6 Å². The number of rotatable bonds is 1. The van der Waals surface area contributed by atoms with Gasteiger partial charge in [-0.1, -0.05) is 0 Å². The minimum atomic E-state index is -0.403. The van der Waals surface area contributed by atoms with Crippen molar-refractivity contribution in [3.05, 3.63) is 0 Å². The van der Waals surface area contributed by atoms with Crippen LogP contribution >= 0.6 is 12.4 Å². The third kappa shape index (κ3) is 4.51. The number of ether oxygens (including phenoxy) is 1. The van der Waals surface area contributed by atoms with E-state index >= 15 is 0 Å². The SMILES string of the molecule is CC(C)(C)OC(=O)N1CC(N2CCC(N)CC2)C1.Cl. The number of carbonyl (C=O) groups is 1. The fourth-order valence-corrected chi connectivity index (χ4v) is 2.45. The average Bonchev–Trinajstić information content (AvgIpc) is 2.15. The Labute approximate surface area is 121 Å². The van der Waals surface area contributed by atoms with Crippen LogP contribution < -0.4 is 5.73 Å². The largest absolute Gasteiger partial charge is 0.444 e. The third-order valence-electron chi connectivity index (χ3n) is 3.60. The molecule has 2 N–H and O–H groups in total. The van der Waals surface area contributed by atoms with Gasteiger partial charge in [0.2, 0.25) is 0 Å². The molecule has 0 radical (unpaired) electrons. The average molecular weight is 292 g/mol. The Hall–Kier alpha value is -0.520. The van der Waals surface area contributed by atoms with Crippen molar-refractivity contribution in [2.75, 3.05) is 26.2 Å². The Kier molecular flexibility index (Phi) is 5.47. The lowest BCUT2D eigenvalue weighted by Gasteiger charge is -2.47. The number of piperidine rings is 1. The van der Waals surface area contributed by atoms with Gasteiger partial charge >= 0.3 is 6.09 Å². The van der Waals surface area contributed by atoms with Gasteiger partial charge in [0, 0.05) is 38.3 Å². The van der Waals surface area contributed by atoms with Crippen LogP contribution in [0.25, 0.3) is 0 Å². The van der Waals surface area contributed by atoms with E-state index in [4.69, 9.17) is 10.5 Å². The molecule has 0 saturated carbocycles. The molecular weight excluding hydrogens is 266 g/mol. The van der Waals surface area contributed by atoms with Gasteiger partial charge in [-0.3, -0.25) is 4.90 Å². The van der Waals surface area contributed by atoms with E-state index in [9.17, 15) is 4.79 Å². The molecule has 0 aromatic rings. The van der Waals surface area contributed by atoms with Crippen molar-refractivity contribution >= 4 is 18.5 Å². The van der Waals surface area contributed by atoms with Crippen LogP contribution in [0.4, 0.5) is 4.79 Å². The first kappa shape index (κ1) is 16.5. The third-order valence-corrected chi connectivity index (χ3v) is 3.60. The molecular formula is C13H26ClN3O2. The Morgan fingerprint density at radius 2 is 1.74 bits per heavy atom. The van der Waals surface area contributed by atoms with Crippen molar-refractivity contribution < 1.29 is 9.53 Å². The van der Waals surface area contributed by atoms with Crippen LogP contribution in [0.15, 0.2) is 0 Å². The van der Waals surface area contributed by atoms with E-state index in [1.807, 2.05) is 20.8 Å². The van der Waals surface area contributed by atoms with Crippen molar-refractivity contribution in [2.45, 2.75) is 51.3 Å². The fraction of sp³-hybridized carbons (Fsp3) is 0.923. The number of likely N-dealkylation sites (tertiary alicyclic amines) is 2. The molecule has 2 aliphatic rings. The van der Waals surface area contributed by atoms with Gasteiger partial charge < -0.3 is 15.4 Å². The fourth-order valence-electron chi connectivity index (χ4n) is 2.45. The standard InChI is InChI=1S/C13H25N3O2.ClH/c1-13(2,3)18-12(17)16-8-11(9-16)15-6-4-10(14)5-7-15;/h10-11H,4-9,14H2,1-3H3;1H. The molecule has 0 spiro atoms. The maximum atomic E-state index is 11.8. The highest BCUT2D eigenvalue weighted by molar-refractivity contribution is 5.85. The minimum absolute atomic E-state index is 0. The lowest BCUT2D eigenvalue weighted by molar-refractivity contribution is -0.0195. The number of carbonyl (C=O) groups excluding carboxylic acids is 1. The zero-order chi connectivity index (χ0) is 13.3. The number of nitrogens with two attached hydrogens (primary N) is 1. The number of hydrogen-bond donors (Lipinski definition) is 1. The highest BCUT2D eigenvalue weighted by atomic mass is 35.5.